The number of nitrogens with zero attached hydrogens (tertiary/aromatic N) is 2. The molecule has 0 saturated carbocycles. The van der Waals surface area contributed by atoms with E-state index >= 15 is 0 Å². The Labute approximate surface area is 94.6 Å². The lowest BCUT2D eigenvalue weighted by atomic mass is 10.1. The molecule has 0 saturated heterocycles. The average molecular weight is 224 g/mol. The fraction of sp³-hybridized carbons (Fsp3) is 0.455. The van der Waals surface area contributed by atoms with Gasteiger partial charge in [0.1, 0.15) is 0 Å². The number of aromatic nitrogens is 2. The lowest BCUT2D eigenvalue weighted by Gasteiger charge is -2.15. The summed E-state index contributed by atoms with van der Waals surface area (Å²) in [5, 5.41) is 11.9. The Morgan fingerprint density at radius 1 is 1.20 bits per heavy atom. The molecule has 2 rings (SSSR count). The Morgan fingerprint density at radius 2 is 1.87 bits per heavy atom. The summed E-state index contributed by atoms with van der Waals surface area (Å²) < 4.78 is 0. The highest BCUT2D eigenvalue weighted by atomic mass is 35.5. The highest BCUT2D eigenvalue weighted by Gasteiger charge is 2.14. The molecule has 15 heavy (non-hydrogen) atoms. The number of rotatable bonds is 2. The molecule has 0 fully saturated rings. The fourth-order valence-electron chi connectivity index (χ4n) is 1.64. The molecule has 1 heterocycles. The van der Waals surface area contributed by atoms with Gasteiger partial charge in [-0.15, -0.1) is 10.2 Å². The van der Waals surface area contributed by atoms with Crippen molar-refractivity contribution in [1.29, 1.82) is 0 Å². The summed E-state index contributed by atoms with van der Waals surface area (Å²) in [7, 11) is 0. The van der Waals surface area contributed by atoms with Crippen molar-refractivity contribution in [1.82, 2.24) is 10.2 Å². The lowest BCUT2D eigenvalue weighted by Crippen LogP contribution is -2.17. The van der Waals surface area contributed by atoms with E-state index in [1.165, 1.54) is 0 Å². The van der Waals surface area contributed by atoms with E-state index in [4.69, 9.17) is 11.6 Å². The normalized spacial score (nSPS) is 15.9. The summed E-state index contributed by atoms with van der Waals surface area (Å²) in [5.74, 6) is 0.852. The fourth-order valence-corrected chi connectivity index (χ4v) is 1.82. The first kappa shape index (κ1) is 10.4. The summed E-state index contributed by atoms with van der Waals surface area (Å²) in [6, 6.07) is 0.457. The number of anilines is 1. The average Bonchev–Trinajstić information content (AvgIpc) is 2.72. The van der Waals surface area contributed by atoms with Crippen LogP contribution in [0.5, 0.6) is 0 Å². The van der Waals surface area contributed by atoms with Crippen molar-refractivity contribution in [2.45, 2.75) is 32.7 Å². The van der Waals surface area contributed by atoms with Crippen LogP contribution < -0.4 is 5.32 Å². The van der Waals surface area contributed by atoms with Crippen molar-refractivity contribution in [2.24, 2.45) is 0 Å². The van der Waals surface area contributed by atoms with Gasteiger partial charge in [-0.25, -0.2) is 0 Å². The maximum absolute atomic E-state index is 5.89. The molecule has 4 heteroatoms. The van der Waals surface area contributed by atoms with Gasteiger partial charge >= 0.3 is 0 Å². The van der Waals surface area contributed by atoms with Crippen molar-refractivity contribution in [3.05, 3.63) is 28.4 Å². The molecule has 1 aliphatic carbocycles. The van der Waals surface area contributed by atoms with E-state index in [0.717, 1.165) is 29.8 Å². The Morgan fingerprint density at radius 3 is 2.53 bits per heavy atom. The van der Waals surface area contributed by atoms with E-state index in [9.17, 15) is 0 Å². The second-order valence-corrected chi connectivity index (χ2v) is 4.23. The number of hydrogen-bond donors (Lipinski definition) is 1. The molecule has 1 aliphatic rings. The van der Waals surface area contributed by atoms with Crippen LogP contribution in [-0.2, 0) is 0 Å². The van der Waals surface area contributed by atoms with Gasteiger partial charge in [0.05, 0.1) is 0 Å². The zero-order valence-corrected chi connectivity index (χ0v) is 9.67. The first-order chi connectivity index (χ1) is 7.18. The van der Waals surface area contributed by atoms with Crippen molar-refractivity contribution >= 4 is 17.4 Å². The zero-order chi connectivity index (χ0) is 10.8. The van der Waals surface area contributed by atoms with E-state index in [-0.39, 0.29) is 0 Å². The Kier molecular flexibility index (Phi) is 2.91. The first-order valence-corrected chi connectivity index (χ1v) is 5.47. The molecule has 1 N–H and O–H groups in total. The molecular formula is C11H14ClN3. The third-order valence-electron chi connectivity index (χ3n) is 2.81. The van der Waals surface area contributed by atoms with E-state index in [1.807, 2.05) is 13.8 Å². The minimum Gasteiger partial charge on any atom is -0.365 e. The smallest absolute Gasteiger partial charge is 0.155 e. The number of halogens is 1. The molecule has 0 bridgehead atoms. The van der Waals surface area contributed by atoms with Gasteiger partial charge in [-0.3, -0.25) is 0 Å². The van der Waals surface area contributed by atoms with Crippen LogP contribution in [0.4, 0.5) is 5.82 Å². The van der Waals surface area contributed by atoms with Gasteiger partial charge in [-0.1, -0.05) is 23.8 Å². The Bertz CT molecular complexity index is 393. The molecule has 0 radical (unpaired) electrons. The molecule has 0 amide bonds. The van der Waals surface area contributed by atoms with Crippen LogP contribution in [0.15, 0.2) is 12.2 Å². The predicted octanol–water partition coefficient (Wildman–Crippen LogP) is 2.88. The summed E-state index contributed by atoms with van der Waals surface area (Å²) >= 11 is 5.89. The van der Waals surface area contributed by atoms with E-state index in [2.05, 4.69) is 27.7 Å². The summed E-state index contributed by atoms with van der Waals surface area (Å²) in [4.78, 5) is 0. The topological polar surface area (TPSA) is 37.8 Å². The van der Waals surface area contributed by atoms with Gasteiger partial charge in [0, 0.05) is 6.04 Å². The van der Waals surface area contributed by atoms with Gasteiger partial charge in [0.2, 0.25) is 0 Å². The van der Waals surface area contributed by atoms with Crippen LogP contribution in [-0.4, -0.2) is 16.2 Å². The van der Waals surface area contributed by atoms with E-state index in [1.54, 1.807) is 0 Å². The molecule has 0 atom stereocenters. The molecular weight excluding hydrogens is 210 g/mol. The zero-order valence-electron chi connectivity index (χ0n) is 8.92. The highest BCUT2D eigenvalue weighted by molar-refractivity contribution is 6.30. The lowest BCUT2D eigenvalue weighted by molar-refractivity contribution is 0.772. The van der Waals surface area contributed by atoms with Crippen LogP contribution in [0.2, 0.25) is 5.15 Å². The van der Waals surface area contributed by atoms with Gasteiger partial charge in [-0.2, -0.15) is 0 Å². The van der Waals surface area contributed by atoms with Crippen LogP contribution in [0.25, 0.3) is 0 Å². The van der Waals surface area contributed by atoms with Crippen molar-refractivity contribution < 1.29 is 0 Å². The molecule has 0 aromatic carbocycles. The molecule has 0 unspecified atom stereocenters. The quantitative estimate of drug-likeness (QED) is 0.784. The van der Waals surface area contributed by atoms with Crippen LogP contribution in [0, 0.1) is 13.8 Å². The minimum absolute atomic E-state index is 0.457. The third kappa shape index (κ3) is 2.12. The number of hydrogen-bond acceptors (Lipinski definition) is 3. The van der Waals surface area contributed by atoms with E-state index in [0.29, 0.717) is 11.2 Å². The largest absolute Gasteiger partial charge is 0.365 e. The number of nitrogens with one attached hydrogen (secondary N) is 1. The second kappa shape index (κ2) is 4.19. The Hall–Kier alpha value is -1.09. The maximum Gasteiger partial charge on any atom is 0.155 e. The monoisotopic (exact) mass is 223 g/mol. The van der Waals surface area contributed by atoms with Crippen molar-refractivity contribution in [2.75, 3.05) is 5.32 Å². The predicted molar refractivity (Wildman–Crippen MR) is 62.3 cm³/mol. The summed E-state index contributed by atoms with van der Waals surface area (Å²) in [5.41, 5.74) is 2.09. The third-order valence-corrected chi connectivity index (χ3v) is 3.17. The van der Waals surface area contributed by atoms with Gasteiger partial charge in [-0.05, 0) is 37.8 Å². The van der Waals surface area contributed by atoms with Gasteiger partial charge in [0.15, 0.2) is 11.0 Å². The summed E-state index contributed by atoms with van der Waals surface area (Å²) in [6.07, 6.45) is 6.48. The molecule has 1 aromatic heterocycles. The molecule has 3 nitrogen and oxygen atoms in total. The molecule has 1 aromatic rings. The van der Waals surface area contributed by atoms with Crippen molar-refractivity contribution in [3.8, 4) is 0 Å². The van der Waals surface area contributed by atoms with Crippen LogP contribution in [0.3, 0.4) is 0 Å². The first-order valence-electron chi connectivity index (χ1n) is 5.09. The minimum atomic E-state index is 0.457. The highest BCUT2D eigenvalue weighted by Crippen LogP contribution is 2.23. The standard InChI is InChI=1S/C11H14ClN3/c1-7-8(2)11(15-14-10(7)12)13-9-5-3-4-6-9/h3-4,9H,5-6H2,1-2H3,(H,13,15). The van der Waals surface area contributed by atoms with Gasteiger partial charge in [0.25, 0.3) is 0 Å². The molecule has 0 aliphatic heterocycles. The maximum atomic E-state index is 5.89. The molecule has 0 spiro atoms. The second-order valence-electron chi connectivity index (χ2n) is 3.87. The molecule has 80 valence electrons. The van der Waals surface area contributed by atoms with Crippen LogP contribution in [0.1, 0.15) is 24.0 Å². The van der Waals surface area contributed by atoms with E-state index < -0.39 is 0 Å². The summed E-state index contributed by atoms with van der Waals surface area (Å²) in [6.45, 7) is 3.98. The SMILES string of the molecule is Cc1c(Cl)nnc(NC2CC=CC2)c1C. The van der Waals surface area contributed by atoms with Crippen LogP contribution >= 0.6 is 11.6 Å². The van der Waals surface area contributed by atoms with Crippen molar-refractivity contribution in [3.63, 3.8) is 0 Å². The Balaban J connectivity index is 2.18. The van der Waals surface area contributed by atoms with Gasteiger partial charge < -0.3 is 5.32 Å².